The Labute approximate surface area is 50.1 Å². The van der Waals surface area contributed by atoms with E-state index in [9.17, 15) is 0 Å². The van der Waals surface area contributed by atoms with Crippen LogP contribution in [0.4, 0.5) is 0 Å². The molecule has 0 saturated heterocycles. The van der Waals surface area contributed by atoms with E-state index in [1.807, 2.05) is 0 Å². The summed E-state index contributed by atoms with van der Waals surface area (Å²) in [5, 5.41) is 3.39. The number of aryl methyl sites for hydroxylation is 1. The van der Waals surface area contributed by atoms with E-state index in [0.717, 1.165) is 0 Å². The average molecular weight is 103 g/mol. The van der Waals surface area contributed by atoms with E-state index in [0.29, 0.717) is 11.2 Å². The van der Waals surface area contributed by atoms with Gasteiger partial charge >= 0.3 is 0 Å². The van der Waals surface area contributed by atoms with Gasteiger partial charge in [0, 0.05) is 5.59 Å². The summed E-state index contributed by atoms with van der Waals surface area (Å²) >= 11 is 0. The van der Waals surface area contributed by atoms with Crippen molar-refractivity contribution in [2.75, 3.05) is 0 Å². The highest BCUT2D eigenvalue weighted by Crippen LogP contribution is 1.82. The summed E-state index contributed by atoms with van der Waals surface area (Å²) < 4.78 is 4.59. The molecule has 0 spiro atoms. The Kier molecular flexibility index (Phi) is 1.16. The van der Waals surface area contributed by atoms with Crippen LogP contribution in [0.5, 0.6) is 0 Å². The van der Waals surface area contributed by atoms with Gasteiger partial charge in [0.15, 0.2) is 0 Å². The number of aromatic nitrogens is 1. The van der Waals surface area contributed by atoms with Crippen LogP contribution in [-0.4, -0.2) is 20.8 Å². The number of rotatable bonds is 0. The Bertz CT molecular complexity index is 176. The first-order valence-corrected chi connectivity index (χ1v) is 2.19. The summed E-state index contributed by atoms with van der Waals surface area (Å²) in [4.78, 5) is 0. The third-order valence-corrected chi connectivity index (χ3v) is 0.936. The molecule has 2 nitrogen and oxygen atoms in total. The summed E-state index contributed by atoms with van der Waals surface area (Å²) in [6.07, 6.45) is 0. The monoisotopic (exact) mass is 103 g/mol. The van der Waals surface area contributed by atoms with Crippen LogP contribution in [0.25, 0.3) is 0 Å². The van der Waals surface area contributed by atoms with E-state index in [4.69, 9.17) is 15.7 Å². The lowest BCUT2D eigenvalue weighted by Gasteiger charge is -1.81. The Balaban J connectivity index is 3.19. The van der Waals surface area contributed by atoms with Gasteiger partial charge in [-0.1, -0.05) is 5.16 Å². The second-order valence-corrected chi connectivity index (χ2v) is 1.54. The van der Waals surface area contributed by atoms with Gasteiger partial charge < -0.3 is 4.52 Å². The standard InChI is InChI=1S/C4H3B2NO/c1-2-3(5)4(6)7-8-2/h1H3. The van der Waals surface area contributed by atoms with E-state index in [-0.39, 0.29) is 5.59 Å². The lowest BCUT2D eigenvalue weighted by molar-refractivity contribution is 0.403. The van der Waals surface area contributed by atoms with E-state index >= 15 is 0 Å². The Morgan fingerprint density at radius 2 is 2.12 bits per heavy atom. The second-order valence-electron chi connectivity index (χ2n) is 1.54. The topological polar surface area (TPSA) is 26.0 Å². The second kappa shape index (κ2) is 1.69. The van der Waals surface area contributed by atoms with Crippen molar-refractivity contribution in [1.82, 2.24) is 5.16 Å². The van der Waals surface area contributed by atoms with Crippen LogP contribution in [0.3, 0.4) is 0 Å². The summed E-state index contributed by atoms with van der Waals surface area (Å²) in [6, 6.07) is 0. The smallest absolute Gasteiger partial charge is 0.145 e. The van der Waals surface area contributed by atoms with Crippen LogP contribution in [0, 0.1) is 6.92 Å². The number of nitrogens with zero attached hydrogens (tertiary/aromatic N) is 1. The molecule has 1 rings (SSSR count). The van der Waals surface area contributed by atoms with Crippen molar-refractivity contribution in [2.24, 2.45) is 0 Å². The van der Waals surface area contributed by atoms with E-state index < -0.39 is 0 Å². The van der Waals surface area contributed by atoms with Crippen LogP contribution in [-0.2, 0) is 0 Å². The predicted octanol–water partition coefficient (Wildman–Crippen LogP) is -1.43. The molecular formula is C4H3B2NO. The fraction of sp³-hybridized carbons (Fsp3) is 0.250. The summed E-state index contributed by atoms with van der Waals surface area (Å²) in [7, 11) is 10.5. The van der Waals surface area contributed by atoms with Crippen molar-refractivity contribution in [1.29, 1.82) is 0 Å². The molecule has 0 unspecified atom stereocenters. The zero-order chi connectivity index (χ0) is 6.15. The molecule has 36 valence electrons. The van der Waals surface area contributed by atoms with Gasteiger partial charge in [-0.25, -0.2) is 0 Å². The molecule has 0 amide bonds. The molecule has 4 heteroatoms. The summed E-state index contributed by atoms with van der Waals surface area (Å²) in [5.74, 6) is 0.572. The molecule has 0 bridgehead atoms. The van der Waals surface area contributed by atoms with Gasteiger partial charge in [-0.15, -0.1) is 0 Å². The molecule has 0 saturated carbocycles. The Morgan fingerprint density at radius 1 is 1.50 bits per heavy atom. The van der Waals surface area contributed by atoms with E-state index in [2.05, 4.69) is 9.68 Å². The minimum atomic E-state index is 0.266. The lowest BCUT2D eigenvalue weighted by Crippen LogP contribution is -2.24. The van der Waals surface area contributed by atoms with Crippen molar-refractivity contribution in [3.63, 3.8) is 0 Å². The minimum absolute atomic E-state index is 0.266. The molecule has 0 aliphatic carbocycles. The molecule has 0 fully saturated rings. The maximum Gasteiger partial charge on any atom is 0.145 e. The molecule has 1 aromatic heterocycles. The predicted molar refractivity (Wildman–Crippen MR) is 32.0 cm³/mol. The molecular weight excluding hydrogens is 99.7 g/mol. The van der Waals surface area contributed by atoms with Crippen LogP contribution >= 0.6 is 0 Å². The van der Waals surface area contributed by atoms with Crippen molar-refractivity contribution < 1.29 is 4.52 Å². The third-order valence-electron chi connectivity index (χ3n) is 0.936. The van der Waals surface area contributed by atoms with Gasteiger partial charge in [0.05, 0.1) is 0 Å². The quantitative estimate of drug-likeness (QED) is 0.376. The first kappa shape index (κ1) is 5.48. The third kappa shape index (κ3) is 0.660. The number of hydrogen-bond donors (Lipinski definition) is 0. The van der Waals surface area contributed by atoms with Crippen LogP contribution in [0.2, 0.25) is 0 Å². The molecule has 0 atom stereocenters. The zero-order valence-corrected chi connectivity index (χ0v) is 4.51. The van der Waals surface area contributed by atoms with Crippen LogP contribution in [0.15, 0.2) is 4.52 Å². The molecule has 0 N–H and O–H groups in total. The Morgan fingerprint density at radius 3 is 2.25 bits per heavy atom. The zero-order valence-electron chi connectivity index (χ0n) is 4.51. The first-order valence-electron chi connectivity index (χ1n) is 2.19. The van der Waals surface area contributed by atoms with Crippen LogP contribution < -0.4 is 11.1 Å². The SMILES string of the molecule is [B]c1noc(C)c1[B]. The molecule has 8 heavy (non-hydrogen) atoms. The maximum atomic E-state index is 5.32. The molecule has 0 aliphatic heterocycles. The van der Waals surface area contributed by atoms with Gasteiger partial charge in [-0.3, -0.25) is 0 Å². The highest BCUT2D eigenvalue weighted by Gasteiger charge is 1.98. The van der Waals surface area contributed by atoms with Gasteiger partial charge in [0.25, 0.3) is 0 Å². The maximum absolute atomic E-state index is 5.32. The highest BCUT2D eigenvalue weighted by molar-refractivity contribution is 6.47. The van der Waals surface area contributed by atoms with Gasteiger partial charge in [-0.2, -0.15) is 0 Å². The van der Waals surface area contributed by atoms with Crippen molar-refractivity contribution >= 4 is 26.7 Å². The molecule has 4 radical (unpaired) electrons. The van der Waals surface area contributed by atoms with E-state index in [1.165, 1.54) is 0 Å². The van der Waals surface area contributed by atoms with Gasteiger partial charge in [0.1, 0.15) is 21.5 Å². The first-order chi connectivity index (χ1) is 3.72. The van der Waals surface area contributed by atoms with Crippen molar-refractivity contribution in [3.8, 4) is 0 Å². The lowest BCUT2D eigenvalue weighted by atomic mass is 9.86. The molecule has 1 aromatic rings. The van der Waals surface area contributed by atoms with Crippen molar-refractivity contribution in [2.45, 2.75) is 6.92 Å². The fourth-order valence-electron chi connectivity index (χ4n) is 0.396. The normalized spacial score (nSPS) is 9.62. The fourth-order valence-corrected chi connectivity index (χ4v) is 0.396. The largest absolute Gasteiger partial charge is 0.363 e. The average Bonchev–Trinajstić information content (AvgIpc) is 1.98. The van der Waals surface area contributed by atoms with Gasteiger partial charge in [-0.05, 0) is 12.4 Å². The summed E-state index contributed by atoms with van der Waals surface area (Å²) in [5.41, 5.74) is 0.701. The highest BCUT2D eigenvalue weighted by atomic mass is 16.5. The molecule has 1 heterocycles. The van der Waals surface area contributed by atoms with E-state index in [1.54, 1.807) is 6.92 Å². The summed E-state index contributed by atoms with van der Waals surface area (Å²) in [6.45, 7) is 1.71. The molecule has 0 aromatic carbocycles. The van der Waals surface area contributed by atoms with Crippen molar-refractivity contribution in [3.05, 3.63) is 5.76 Å². The molecule has 0 aliphatic rings. The number of hydrogen-bond acceptors (Lipinski definition) is 2. The van der Waals surface area contributed by atoms with Crippen LogP contribution in [0.1, 0.15) is 5.76 Å². The minimum Gasteiger partial charge on any atom is -0.363 e. The van der Waals surface area contributed by atoms with Gasteiger partial charge in [0.2, 0.25) is 0 Å². The Hall–Kier alpha value is -0.660.